The van der Waals surface area contributed by atoms with Gasteiger partial charge in [-0.1, -0.05) is 24.6 Å². The maximum Gasteiger partial charge on any atom is 0.338 e. The van der Waals surface area contributed by atoms with Gasteiger partial charge in [0.2, 0.25) is 0 Å². The molecule has 0 saturated carbocycles. The van der Waals surface area contributed by atoms with Crippen LogP contribution in [-0.4, -0.2) is 27.9 Å². The molecule has 0 aliphatic carbocycles. The van der Waals surface area contributed by atoms with Gasteiger partial charge in [0.1, 0.15) is 11.3 Å². The van der Waals surface area contributed by atoms with Crippen molar-refractivity contribution in [1.82, 2.24) is 9.38 Å². The van der Waals surface area contributed by atoms with Gasteiger partial charge in [-0.05, 0) is 43.7 Å². The van der Waals surface area contributed by atoms with Gasteiger partial charge >= 0.3 is 5.97 Å². The highest BCUT2D eigenvalue weighted by Gasteiger charge is 2.17. The molecule has 0 atom stereocenters. The van der Waals surface area contributed by atoms with Gasteiger partial charge in [-0.3, -0.25) is 9.20 Å². The van der Waals surface area contributed by atoms with Crippen molar-refractivity contribution in [2.75, 3.05) is 11.9 Å². The van der Waals surface area contributed by atoms with Crippen molar-refractivity contribution < 1.29 is 14.3 Å². The van der Waals surface area contributed by atoms with Gasteiger partial charge < -0.3 is 10.1 Å². The molecule has 6 nitrogen and oxygen atoms in total. The van der Waals surface area contributed by atoms with E-state index in [4.69, 9.17) is 16.3 Å². The standard InChI is InChI=1S/C19H18ClN3O3/c1-3-9-26-19(25)13-5-4-6-15(10-13)22-18(24)17-12(2)21-16-8-7-14(20)11-23(16)17/h4-8,10-11H,3,9H2,1-2H3,(H,22,24). The van der Waals surface area contributed by atoms with E-state index in [0.717, 1.165) is 6.42 Å². The number of aryl methyl sites for hydroxylation is 1. The lowest BCUT2D eigenvalue weighted by molar-refractivity contribution is 0.0505. The lowest BCUT2D eigenvalue weighted by atomic mass is 10.2. The van der Waals surface area contributed by atoms with Crippen LogP contribution < -0.4 is 5.32 Å². The number of esters is 1. The summed E-state index contributed by atoms with van der Waals surface area (Å²) in [7, 11) is 0. The number of ether oxygens (including phenoxy) is 1. The first-order valence-corrected chi connectivity index (χ1v) is 8.60. The van der Waals surface area contributed by atoms with Crippen molar-refractivity contribution >= 4 is 34.8 Å². The average Bonchev–Trinajstić information content (AvgIpc) is 2.94. The highest BCUT2D eigenvalue weighted by molar-refractivity contribution is 6.30. The molecule has 7 heteroatoms. The fraction of sp³-hybridized carbons (Fsp3) is 0.211. The van der Waals surface area contributed by atoms with Crippen molar-refractivity contribution in [3.63, 3.8) is 0 Å². The molecular formula is C19H18ClN3O3. The Morgan fingerprint density at radius 3 is 2.85 bits per heavy atom. The summed E-state index contributed by atoms with van der Waals surface area (Å²) in [5.74, 6) is -0.753. The van der Waals surface area contributed by atoms with Gasteiger partial charge in [-0.25, -0.2) is 9.78 Å². The lowest BCUT2D eigenvalue weighted by Crippen LogP contribution is -2.16. The van der Waals surface area contributed by atoms with E-state index in [1.807, 2.05) is 6.92 Å². The minimum absolute atomic E-state index is 0.337. The molecule has 134 valence electrons. The number of carbonyl (C=O) groups excluding carboxylic acids is 2. The SMILES string of the molecule is CCCOC(=O)c1cccc(NC(=O)c2c(C)nc3ccc(Cl)cn23)c1. The van der Waals surface area contributed by atoms with Crippen molar-refractivity contribution in [2.24, 2.45) is 0 Å². The maximum absolute atomic E-state index is 12.7. The number of nitrogens with zero attached hydrogens (tertiary/aromatic N) is 2. The summed E-state index contributed by atoms with van der Waals surface area (Å²) in [6.45, 7) is 4.04. The van der Waals surface area contributed by atoms with Gasteiger partial charge in [0.15, 0.2) is 0 Å². The van der Waals surface area contributed by atoms with Crippen LogP contribution >= 0.6 is 11.6 Å². The summed E-state index contributed by atoms with van der Waals surface area (Å²) in [5, 5.41) is 3.30. The van der Waals surface area contributed by atoms with Crippen LogP contribution in [0.1, 0.15) is 39.9 Å². The quantitative estimate of drug-likeness (QED) is 0.685. The van der Waals surface area contributed by atoms with E-state index in [0.29, 0.717) is 39.9 Å². The van der Waals surface area contributed by atoms with Crippen molar-refractivity contribution in [3.8, 4) is 0 Å². The molecule has 0 radical (unpaired) electrons. The zero-order chi connectivity index (χ0) is 18.7. The Kier molecular flexibility index (Phi) is 5.23. The number of anilines is 1. The number of amides is 1. The molecular weight excluding hydrogens is 354 g/mol. The van der Waals surface area contributed by atoms with Gasteiger partial charge in [0.05, 0.1) is 22.9 Å². The zero-order valence-corrected chi connectivity index (χ0v) is 15.2. The van der Waals surface area contributed by atoms with Crippen LogP contribution in [0.15, 0.2) is 42.6 Å². The van der Waals surface area contributed by atoms with Crippen molar-refractivity contribution in [3.05, 3.63) is 64.6 Å². The molecule has 0 spiro atoms. The van der Waals surface area contributed by atoms with Crippen LogP contribution in [-0.2, 0) is 4.74 Å². The Bertz CT molecular complexity index is 981. The second kappa shape index (κ2) is 7.58. The molecule has 0 saturated heterocycles. The number of imidazole rings is 1. The monoisotopic (exact) mass is 371 g/mol. The fourth-order valence-corrected chi connectivity index (χ4v) is 2.76. The number of benzene rings is 1. The van der Waals surface area contributed by atoms with E-state index in [1.54, 1.807) is 53.9 Å². The number of fused-ring (bicyclic) bond motifs is 1. The Morgan fingerprint density at radius 1 is 1.27 bits per heavy atom. The minimum atomic E-state index is -0.416. The zero-order valence-electron chi connectivity index (χ0n) is 14.5. The Labute approximate surface area is 155 Å². The molecule has 1 amide bonds. The van der Waals surface area contributed by atoms with Crippen LogP contribution in [0, 0.1) is 6.92 Å². The highest BCUT2D eigenvalue weighted by atomic mass is 35.5. The minimum Gasteiger partial charge on any atom is -0.462 e. The van der Waals surface area contributed by atoms with Crippen LogP contribution in [0.5, 0.6) is 0 Å². The number of halogens is 1. The largest absolute Gasteiger partial charge is 0.462 e. The lowest BCUT2D eigenvalue weighted by Gasteiger charge is -2.08. The van der Waals surface area contributed by atoms with Crippen LogP contribution in [0.4, 0.5) is 5.69 Å². The van der Waals surface area contributed by atoms with Crippen molar-refractivity contribution in [1.29, 1.82) is 0 Å². The summed E-state index contributed by atoms with van der Waals surface area (Å²) in [6.07, 6.45) is 2.39. The molecule has 1 N–H and O–H groups in total. The first-order valence-electron chi connectivity index (χ1n) is 8.22. The van der Waals surface area contributed by atoms with E-state index >= 15 is 0 Å². The molecule has 0 fully saturated rings. The first kappa shape index (κ1) is 17.9. The third kappa shape index (κ3) is 3.70. The Hall–Kier alpha value is -2.86. The number of aromatic nitrogens is 2. The van der Waals surface area contributed by atoms with Gasteiger partial charge in [0.25, 0.3) is 5.91 Å². The van der Waals surface area contributed by atoms with E-state index in [1.165, 1.54) is 0 Å². The molecule has 26 heavy (non-hydrogen) atoms. The van der Waals surface area contributed by atoms with Gasteiger partial charge in [-0.15, -0.1) is 0 Å². The summed E-state index contributed by atoms with van der Waals surface area (Å²) in [6, 6.07) is 10.1. The third-order valence-corrected chi connectivity index (χ3v) is 3.99. The molecule has 0 aliphatic heterocycles. The normalized spacial score (nSPS) is 10.7. The second-order valence-electron chi connectivity index (χ2n) is 5.79. The van der Waals surface area contributed by atoms with Crippen LogP contribution in [0.2, 0.25) is 5.02 Å². The van der Waals surface area contributed by atoms with Gasteiger partial charge in [0, 0.05) is 11.9 Å². The van der Waals surface area contributed by atoms with Crippen molar-refractivity contribution in [2.45, 2.75) is 20.3 Å². The van der Waals surface area contributed by atoms with E-state index in [2.05, 4.69) is 10.3 Å². The predicted molar refractivity (Wildman–Crippen MR) is 99.9 cm³/mol. The molecule has 2 aromatic heterocycles. The Morgan fingerprint density at radius 2 is 2.08 bits per heavy atom. The summed E-state index contributed by atoms with van der Waals surface area (Å²) in [4.78, 5) is 29.1. The molecule has 2 heterocycles. The molecule has 3 rings (SSSR count). The maximum atomic E-state index is 12.7. The summed E-state index contributed by atoms with van der Waals surface area (Å²) < 4.78 is 6.76. The number of rotatable bonds is 5. The van der Waals surface area contributed by atoms with Crippen LogP contribution in [0.3, 0.4) is 0 Å². The molecule has 1 aromatic carbocycles. The van der Waals surface area contributed by atoms with E-state index in [9.17, 15) is 9.59 Å². The second-order valence-corrected chi connectivity index (χ2v) is 6.23. The summed E-state index contributed by atoms with van der Waals surface area (Å²) in [5.41, 5.74) is 2.49. The van der Waals surface area contributed by atoms with E-state index in [-0.39, 0.29) is 5.91 Å². The third-order valence-electron chi connectivity index (χ3n) is 3.77. The number of hydrogen-bond donors (Lipinski definition) is 1. The summed E-state index contributed by atoms with van der Waals surface area (Å²) >= 11 is 6.03. The number of nitrogens with one attached hydrogen (secondary N) is 1. The van der Waals surface area contributed by atoms with Gasteiger partial charge in [-0.2, -0.15) is 0 Å². The molecule has 0 bridgehead atoms. The Balaban J connectivity index is 1.86. The molecule has 0 unspecified atom stereocenters. The number of carbonyl (C=O) groups is 2. The van der Waals surface area contributed by atoms with E-state index < -0.39 is 5.97 Å². The fourth-order valence-electron chi connectivity index (χ4n) is 2.60. The average molecular weight is 372 g/mol. The predicted octanol–water partition coefficient (Wildman–Crippen LogP) is 4.12. The first-order chi connectivity index (χ1) is 12.5. The van der Waals surface area contributed by atoms with Crippen LogP contribution in [0.25, 0.3) is 5.65 Å². The highest BCUT2D eigenvalue weighted by Crippen LogP contribution is 2.19. The topological polar surface area (TPSA) is 72.7 Å². The smallest absolute Gasteiger partial charge is 0.338 e. The number of pyridine rings is 1. The molecule has 3 aromatic rings. The molecule has 0 aliphatic rings. The number of hydrogen-bond acceptors (Lipinski definition) is 4.